The van der Waals surface area contributed by atoms with Gasteiger partial charge in [-0.15, -0.1) is 0 Å². The minimum atomic E-state index is -0.295. The summed E-state index contributed by atoms with van der Waals surface area (Å²) in [4.78, 5) is 26.1. The summed E-state index contributed by atoms with van der Waals surface area (Å²) in [6.45, 7) is 2.74. The van der Waals surface area contributed by atoms with E-state index in [9.17, 15) is 9.59 Å². The second-order valence-corrected chi connectivity index (χ2v) is 5.82. The first kappa shape index (κ1) is 15.2. The molecule has 0 bridgehead atoms. The van der Waals surface area contributed by atoms with E-state index in [4.69, 9.17) is 0 Å². The summed E-state index contributed by atoms with van der Waals surface area (Å²) in [6.07, 6.45) is 12.0. The van der Waals surface area contributed by atoms with Crippen LogP contribution in [0, 0.1) is 0 Å². The number of amides is 2. The number of nitrogens with zero attached hydrogens (tertiary/aromatic N) is 1. The third kappa shape index (κ3) is 3.69. The number of carbonyl (C=O) groups excluding carboxylic acids is 2. The molecule has 4 nitrogen and oxygen atoms in total. The number of hydrogen-bond donors (Lipinski definition) is 1. The Bertz CT molecular complexity index is 371. The minimum absolute atomic E-state index is 0.00220. The van der Waals surface area contributed by atoms with Crippen molar-refractivity contribution in [2.45, 2.75) is 70.4 Å². The van der Waals surface area contributed by atoms with E-state index < -0.39 is 0 Å². The Morgan fingerprint density at radius 3 is 2.55 bits per heavy atom. The Balaban J connectivity index is 1.90. The van der Waals surface area contributed by atoms with Crippen LogP contribution in [0.3, 0.4) is 0 Å². The van der Waals surface area contributed by atoms with Crippen molar-refractivity contribution in [1.82, 2.24) is 10.2 Å². The maximum atomic E-state index is 12.4. The normalized spacial score (nSPS) is 25.6. The maximum Gasteiger partial charge on any atom is 0.247 e. The van der Waals surface area contributed by atoms with Gasteiger partial charge in [-0.3, -0.25) is 14.5 Å². The molecule has 20 heavy (non-hydrogen) atoms. The van der Waals surface area contributed by atoms with E-state index >= 15 is 0 Å². The number of allylic oxidation sites excluding steroid dienone is 1. The van der Waals surface area contributed by atoms with Crippen LogP contribution in [0.2, 0.25) is 0 Å². The fraction of sp³-hybridized carbons (Fsp3) is 0.750. The highest BCUT2D eigenvalue weighted by Crippen LogP contribution is 2.26. The number of carbonyl (C=O) groups is 2. The standard InChI is InChI=1S/C16H26N2O2/c1-2-3-8-11-17-14-12-15(19)18(16(14)20)13-9-6-4-5-7-10-13/h2-3,13-14,17H,4-12H2,1H3/b3-2+. The Morgan fingerprint density at radius 1 is 1.20 bits per heavy atom. The second kappa shape index (κ2) is 7.58. The Morgan fingerprint density at radius 2 is 1.90 bits per heavy atom. The summed E-state index contributed by atoms with van der Waals surface area (Å²) >= 11 is 0. The summed E-state index contributed by atoms with van der Waals surface area (Å²) in [5.41, 5.74) is 0. The van der Waals surface area contributed by atoms with E-state index in [0.717, 1.165) is 38.6 Å². The number of hydrogen-bond acceptors (Lipinski definition) is 3. The van der Waals surface area contributed by atoms with Crippen molar-refractivity contribution in [3.05, 3.63) is 12.2 Å². The maximum absolute atomic E-state index is 12.4. The SMILES string of the molecule is C/C=C/CCNC1CC(=O)N(C2CCCCCC2)C1=O. The number of nitrogens with one attached hydrogen (secondary N) is 1. The lowest BCUT2D eigenvalue weighted by Crippen LogP contribution is -2.44. The molecule has 2 amide bonds. The van der Waals surface area contributed by atoms with Gasteiger partial charge in [0.05, 0.1) is 12.5 Å². The molecular weight excluding hydrogens is 252 g/mol. The molecule has 1 heterocycles. The molecule has 2 rings (SSSR count). The average Bonchev–Trinajstić information content (AvgIpc) is 2.63. The van der Waals surface area contributed by atoms with Gasteiger partial charge in [0, 0.05) is 6.04 Å². The van der Waals surface area contributed by atoms with Crippen molar-refractivity contribution in [2.24, 2.45) is 0 Å². The number of imide groups is 1. The van der Waals surface area contributed by atoms with Gasteiger partial charge in [-0.25, -0.2) is 0 Å². The number of likely N-dealkylation sites (tertiary alicyclic amines) is 1. The zero-order chi connectivity index (χ0) is 14.4. The third-order valence-electron chi connectivity index (χ3n) is 4.31. The second-order valence-electron chi connectivity index (χ2n) is 5.82. The van der Waals surface area contributed by atoms with E-state index in [0.29, 0.717) is 6.42 Å². The van der Waals surface area contributed by atoms with Crippen LogP contribution in [0.15, 0.2) is 12.2 Å². The number of rotatable bonds is 5. The lowest BCUT2D eigenvalue weighted by atomic mass is 10.1. The van der Waals surface area contributed by atoms with Crippen LogP contribution in [0.4, 0.5) is 0 Å². The summed E-state index contributed by atoms with van der Waals surface area (Å²) in [5, 5.41) is 3.22. The quantitative estimate of drug-likeness (QED) is 0.363. The molecule has 2 aliphatic rings. The summed E-state index contributed by atoms with van der Waals surface area (Å²) in [6, 6.07) is -0.143. The first-order chi connectivity index (χ1) is 9.74. The fourth-order valence-electron chi connectivity index (χ4n) is 3.22. The zero-order valence-corrected chi connectivity index (χ0v) is 12.4. The molecule has 0 aromatic carbocycles. The Kier molecular flexibility index (Phi) is 5.77. The van der Waals surface area contributed by atoms with Crippen molar-refractivity contribution < 1.29 is 9.59 Å². The topological polar surface area (TPSA) is 49.4 Å². The van der Waals surface area contributed by atoms with E-state index in [-0.39, 0.29) is 23.9 Å². The van der Waals surface area contributed by atoms with Crippen molar-refractivity contribution in [3.8, 4) is 0 Å². The van der Waals surface area contributed by atoms with Crippen LogP contribution in [-0.2, 0) is 9.59 Å². The summed E-state index contributed by atoms with van der Waals surface area (Å²) in [5.74, 6) is 0.0211. The molecule has 4 heteroatoms. The van der Waals surface area contributed by atoms with E-state index in [1.165, 1.54) is 12.8 Å². The molecule has 0 aromatic rings. The van der Waals surface area contributed by atoms with Crippen LogP contribution in [0.5, 0.6) is 0 Å². The summed E-state index contributed by atoms with van der Waals surface area (Å²) in [7, 11) is 0. The molecule has 1 saturated heterocycles. The van der Waals surface area contributed by atoms with Gasteiger partial charge in [0.2, 0.25) is 11.8 Å². The van der Waals surface area contributed by atoms with Gasteiger partial charge in [-0.2, -0.15) is 0 Å². The predicted molar refractivity (Wildman–Crippen MR) is 79.2 cm³/mol. The monoisotopic (exact) mass is 278 g/mol. The van der Waals surface area contributed by atoms with Gasteiger partial charge in [-0.05, 0) is 32.7 Å². The molecule has 1 saturated carbocycles. The summed E-state index contributed by atoms with van der Waals surface area (Å²) < 4.78 is 0. The molecular formula is C16H26N2O2. The van der Waals surface area contributed by atoms with Crippen LogP contribution in [0.25, 0.3) is 0 Å². The lowest BCUT2D eigenvalue weighted by Gasteiger charge is -2.25. The van der Waals surface area contributed by atoms with Gasteiger partial charge in [-0.1, -0.05) is 37.8 Å². The molecule has 1 aliphatic carbocycles. The first-order valence-corrected chi connectivity index (χ1v) is 7.94. The smallest absolute Gasteiger partial charge is 0.247 e. The van der Waals surface area contributed by atoms with Crippen LogP contribution < -0.4 is 5.32 Å². The van der Waals surface area contributed by atoms with E-state index in [1.54, 1.807) is 4.90 Å². The average molecular weight is 278 g/mol. The Labute approximate surface area is 121 Å². The van der Waals surface area contributed by atoms with E-state index in [1.807, 2.05) is 13.0 Å². The van der Waals surface area contributed by atoms with Gasteiger partial charge in [0.25, 0.3) is 0 Å². The largest absolute Gasteiger partial charge is 0.305 e. The van der Waals surface area contributed by atoms with Gasteiger partial charge in [0.1, 0.15) is 0 Å². The van der Waals surface area contributed by atoms with Crippen molar-refractivity contribution >= 4 is 11.8 Å². The first-order valence-electron chi connectivity index (χ1n) is 7.94. The molecule has 1 aliphatic heterocycles. The fourth-order valence-corrected chi connectivity index (χ4v) is 3.22. The van der Waals surface area contributed by atoms with Gasteiger partial charge in [0.15, 0.2) is 0 Å². The van der Waals surface area contributed by atoms with Crippen LogP contribution in [0.1, 0.15) is 58.3 Å². The molecule has 1 N–H and O–H groups in total. The highest BCUT2D eigenvalue weighted by atomic mass is 16.2. The minimum Gasteiger partial charge on any atom is -0.305 e. The van der Waals surface area contributed by atoms with Crippen LogP contribution >= 0.6 is 0 Å². The van der Waals surface area contributed by atoms with Crippen molar-refractivity contribution in [1.29, 1.82) is 0 Å². The van der Waals surface area contributed by atoms with Gasteiger partial charge >= 0.3 is 0 Å². The predicted octanol–water partition coefficient (Wildman–Crippen LogP) is 2.39. The molecule has 0 radical (unpaired) electrons. The van der Waals surface area contributed by atoms with Crippen molar-refractivity contribution in [2.75, 3.05) is 6.54 Å². The van der Waals surface area contributed by atoms with E-state index in [2.05, 4.69) is 11.4 Å². The highest BCUT2D eigenvalue weighted by molar-refractivity contribution is 6.05. The lowest BCUT2D eigenvalue weighted by molar-refractivity contribution is -0.141. The third-order valence-corrected chi connectivity index (χ3v) is 4.31. The molecule has 112 valence electrons. The molecule has 0 spiro atoms. The van der Waals surface area contributed by atoms with Crippen molar-refractivity contribution in [3.63, 3.8) is 0 Å². The van der Waals surface area contributed by atoms with Crippen LogP contribution in [-0.4, -0.2) is 35.3 Å². The molecule has 1 unspecified atom stereocenters. The molecule has 0 aromatic heterocycles. The highest BCUT2D eigenvalue weighted by Gasteiger charge is 2.41. The molecule has 2 fully saturated rings. The Hall–Kier alpha value is -1.16. The molecule has 1 atom stereocenters. The van der Waals surface area contributed by atoms with Gasteiger partial charge < -0.3 is 5.32 Å². The zero-order valence-electron chi connectivity index (χ0n) is 12.4.